The van der Waals surface area contributed by atoms with Crippen molar-refractivity contribution in [2.24, 2.45) is 0 Å². The highest BCUT2D eigenvalue weighted by molar-refractivity contribution is 7.15. The molecule has 0 atom stereocenters. The van der Waals surface area contributed by atoms with Crippen molar-refractivity contribution in [3.05, 3.63) is 45.4 Å². The lowest BCUT2D eigenvalue weighted by Crippen LogP contribution is -2.13. The molecular formula is C17H12ClF2NO5S. The third-order valence-electron chi connectivity index (χ3n) is 3.93. The molecule has 0 fully saturated rings. The smallest absolute Gasteiger partial charge is 0.388 e. The SMILES string of the molecule is Cc1c(CC(=O)O)c2cc(O)c(Cl)cc2n1C(=O)c1ccc(OC(F)F)s1. The highest BCUT2D eigenvalue weighted by Gasteiger charge is 2.24. The van der Waals surface area contributed by atoms with Crippen LogP contribution in [0.4, 0.5) is 8.78 Å². The number of hydrogen-bond donors (Lipinski definition) is 2. The van der Waals surface area contributed by atoms with Crippen LogP contribution in [0.1, 0.15) is 20.9 Å². The number of phenolic OH excluding ortho intramolecular Hbond substituents is 1. The van der Waals surface area contributed by atoms with Gasteiger partial charge in [0.2, 0.25) is 0 Å². The molecule has 10 heteroatoms. The van der Waals surface area contributed by atoms with Gasteiger partial charge in [0.25, 0.3) is 5.91 Å². The van der Waals surface area contributed by atoms with Crippen LogP contribution in [0.5, 0.6) is 10.8 Å². The molecule has 2 heterocycles. The number of fused-ring (bicyclic) bond motifs is 1. The van der Waals surface area contributed by atoms with Gasteiger partial charge in [-0.05, 0) is 36.8 Å². The summed E-state index contributed by atoms with van der Waals surface area (Å²) >= 11 is 6.69. The molecule has 0 radical (unpaired) electrons. The van der Waals surface area contributed by atoms with Crippen molar-refractivity contribution in [1.82, 2.24) is 4.57 Å². The Bertz CT molecular complexity index is 1060. The lowest BCUT2D eigenvalue weighted by atomic mass is 10.1. The topological polar surface area (TPSA) is 88.8 Å². The minimum Gasteiger partial charge on any atom is -0.506 e. The van der Waals surface area contributed by atoms with Crippen molar-refractivity contribution >= 4 is 45.7 Å². The van der Waals surface area contributed by atoms with Crippen molar-refractivity contribution in [3.8, 4) is 10.8 Å². The van der Waals surface area contributed by atoms with E-state index in [0.29, 0.717) is 22.2 Å². The number of alkyl halides is 2. The predicted molar refractivity (Wildman–Crippen MR) is 95.4 cm³/mol. The van der Waals surface area contributed by atoms with Crippen molar-refractivity contribution in [1.29, 1.82) is 0 Å². The Morgan fingerprint density at radius 3 is 2.67 bits per heavy atom. The third-order valence-corrected chi connectivity index (χ3v) is 5.20. The summed E-state index contributed by atoms with van der Waals surface area (Å²) in [5.74, 6) is -1.91. The van der Waals surface area contributed by atoms with Crippen LogP contribution in [0.15, 0.2) is 24.3 Å². The van der Waals surface area contributed by atoms with E-state index in [4.69, 9.17) is 16.7 Å². The molecule has 142 valence electrons. The maximum atomic E-state index is 13.0. The second-order valence-electron chi connectivity index (χ2n) is 5.59. The Morgan fingerprint density at radius 1 is 1.33 bits per heavy atom. The number of nitrogens with zero attached hydrogens (tertiary/aromatic N) is 1. The molecule has 2 aromatic heterocycles. The van der Waals surface area contributed by atoms with E-state index in [-0.39, 0.29) is 27.1 Å². The van der Waals surface area contributed by atoms with E-state index >= 15 is 0 Å². The highest BCUT2D eigenvalue weighted by atomic mass is 35.5. The quantitative estimate of drug-likeness (QED) is 0.649. The highest BCUT2D eigenvalue weighted by Crippen LogP contribution is 2.36. The number of carbonyl (C=O) groups is 2. The normalized spacial score (nSPS) is 11.3. The summed E-state index contributed by atoms with van der Waals surface area (Å²) in [5, 5.41) is 19.3. The number of carboxylic acid groups (broad SMARTS) is 1. The van der Waals surface area contributed by atoms with E-state index in [9.17, 15) is 23.5 Å². The monoisotopic (exact) mass is 415 g/mol. The summed E-state index contributed by atoms with van der Waals surface area (Å²) < 4.78 is 30.2. The standard InChI is InChI=1S/C17H12ClF2NO5S/c1-7-8(5-14(23)24)9-4-12(22)10(18)6-11(9)21(7)16(25)13-2-3-15(27-13)26-17(19)20/h2-4,6,17,22H,5H2,1H3,(H,23,24). The maximum Gasteiger partial charge on any atom is 0.388 e. The van der Waals surface area contributed by atoms with Crippen LogP contribution in [0.25, 0.3) is 10.9 Å². The molecule has 0 unspecified atom stereocenters. The molecular weight excluding hydrogens is 404 g/mol. The van der Waals surface area contributed by atoms with E-state index < -0.39 is 18.5 Å². The zero-order valence-electron chi connectivity index (χ0n) is 13.7. The van der Waals surface area contributed by atoms with Crippen LogP contribution >= 0.6 is 22.9 Å². The second kappa shape index (κ2) is 7.16. The molecule has 0 aliphatic heterocycles. The van der Waals surface area contributed by atoms with Gasteiger partial charge in [0.15, 0.2) is 5.06 Å². The van der Waals surface area contributed by atoms with Gasteiger partial charge in [-0.1, -0.05) is 22.9 Å². The molecule has 3 rings (SSSR count). The minimum absolute atomic E-state index is 0.0103. The van der Waals surface area contributed by atoms with Gasteiger partial charge in [0, 0.05) is 11.1 Å². The van der Waals surface area contributed by atoms with E-state index in [1.165, 1.54) is 28.8 Å². The number of ether oxygens (including phenoxy) is 1. The number of hydrogen-bond acceptors (Lipinski definition) is 5. The average Bonchev–Trinajstić information content (AvgIpc) is 3.11. The summed E-state index contributed by atoms with van der Waals surface area (Å²) in [7, 11) is 0. The number of halogens is 3. The molecule has 0 aliphatic carbocycles. The van der Waals surface area contributed by atoms with Gasteiger partial charge in [-0.15, -0.1) is 0 Å². The maximum absolute atomic E-state index is 13.0. The summed E-state index contributed by atoms with van der Waals surface area (Å²) in [5.41, 5.74) is 1.00. The van der Waals surface area contributed by atoms with Crippen LogP contribution in [-0.2, 0) is 11.2 Å². The third kappa shape index (κ3) is 3.60. The van der Waals surface area contributed by atoms with Crippen molar-refractivity contribution < 1.29 is 33.3 Å². The first kappa shape index (κ1) is 19.1. The fraction of sp³-hybridized carbons (Fsp3) is 0.176. The molecule has 1 aromatic carbocycles. The molecule has 0 spiro atoms. The number of benzene rings is 1. The number of carboxylic acids is 1. The lowest BCUT2D eigenvalue weighted by Gasteiger charge is -2.06. The Labute approximate surface area is 160 Å². The first-order chi connectivity index (χ1) is 12.7. The summed E-state index contributed by atoms with van der Waals surface area (Å²) in [4.78, 5) is 24.3. The molecule has 0 aliphatic rings. The van der Waals surface area contributed by atoms with E-state index in [0.717, 1.165) is 11.3 Å². The summed E-state index contributed by atoms with van der Waals surface area (Å²) in [6, 6.07) is 5.25. The van der Waals surface area contributed by atoms with Crippen LogP contribution < -0.4 is 4.74 Å². The van der Waals surface area contributed by atoms with Gasteiger partial charge in [-0.2, -0.15) is 8.78 Å². The fourth-order valence-electron chi connectivity index (χ4n) is 2.82. The van der Waals surface area contributed by atoms with Gasteiger partial charge in [0.1, 0.15) is 5.75 Å². The van der Waals surface area contributed by atoms with Gasteiger partial charge < -0.3 is 14.9 Å². The summed E-state index contributed by atoms with van der Waals surface area (Å²) in [6.07, 6.45) is -0.367. The van der Waals surface area contributed by atoms with Crippen molar-refractivity contribution in [2.45, 2.75) is 20.0 Å². The number of rotatable bonds is 5. The van der Waals surface area contributed by atoms with Gasteiger partial charge in [-0.25, -0.2) is 0 Å². The molecule has 0 saturated heterocycles. The Kier molecular flexibility index (Phi) is 5.07. The molecule has 27 heavy (non-hydrogen) atoms. The van der Waals surface area contributed by atoms with Crippen molar-refractivity contribution in [2.75, 3.05) is 0 Å². The number of aromatic nitrogens is 1. The number of thiophene rings is 1. The van der Waals surface area contributed by atoms with E-state index in [1.807, 2.05) is 0 Å². The Morgan fingerprint density at radius 2 is 2.04 bits per heavy atom. The summed E-state index contributed by atoms with van der Waals surface area (Å²) in [6.45, 7) is -1.45. The zero-order valence-corrected chi connectivity index (χ0v) is 15.3. The first-order valence-corrected chi connectivity index (χ1v) is 8.72. The van der Waals surface area contributed by atoms with E-state index in [2.05, 4.69) is 4.74 Å². The number of phenols is 1. The zero-order chi connectivity index (χ0) is 19.9. The van der Waals surface area contributed by atoms with Crippen LogP contribution in [0.3, 0.4) is 0 Å². The fourth-order valence-corrected chi connectivity index (χ4v) is 3.77. The largest absolute Gasteiger partial charge is 0.506 e. The predicted octanol–water partition coefficient (Wildman–Crippen LogP) is 4.29. The molecule has 0 saturated carbocycles. The first-order valence-electron chi connectivity index (χ1n) is 7.52. The van der Waals surface area contributed by atoms with Gasteiger partial charge in [-0.3, -0.25) is 14.2 Å². The molecule has 0 amide bonds. The Hall–Kier alpha value is -2.65. The lowest BCUT2D eigenvalue weighted by molar-refractivity contribution is -0.136. The van der Waals surface area contributed by atoms with Crippen LogP contribution in [-0.4, -0.2) is 33.3 Å². The second-order valence-corrected chi connectivity index (χ2v) is 7.05. The van der Waals surface area contributed by atoms with Crippen LogP contribution in [0, 0.1) is 6.92 Å². The van der Waals surface area contributed by atoms with Crippen LogP contribution in [0.2, 0.25) is 5.02 Å². The molecule has 0 bridgehead atoms. The minimum atomic E-state index is -3.01. The van der Waals surface area contributed by atoms with Gasteiger partial charge >= 0.3 is 12.6 Å². The number of aromatic hydroxyl groups is 1. The van der Waals surface area contributed by atoms with E-state index in [1.54, 1.807) is 6.92 Å². The number of aliphatic carboxylic acids is 1. The average molecular weight is 416 g/mol. The van der Waals surface area contributed by atoms with Gasteiger partial charge in [0.05, 0.1) is 21.8 Å². The molecule has 3 aromatic rings. The molecule has 6 nitrogen and oxygen atoms in total. The molecule has 2 N–H and O–H groups in total. The van der Waals surface area contributed by atoms with Crippen molar-refractivity contribution in [3.63, 3.8) is 0 Å². The Balaban J connectivity index is 2.16. The number of carbonyl (C=O) groups excluding carboxylic acids is 1.